The molecule has 5 N–H and O–H groups in total. The van der Waals surface area contributed by atoms with E-state index in [1.54, 1.807) is 36.4 Å². The fraction of sp³-hybridized carbons (Fsp3) is 0.0714. The molecule has 2 amide bonds. The Kier molecular flexibility index (Phi) is 4.35. The molecule has 0 radical (unpaired) electrons. The number of amides is 2. The topological polar surface area (TPSA) is 120 Å². The zero-order chi connectivity index (χ0) is 15.2. The van der Waals surface area contributed by atoms with Gasteiger partial charge in [-0.15, -0.1) is 0 Å². The summed E-state index contributed by atoms with van der Waals surface area (Å²) in [5.74, 6) is -0.485. The summed E-state index contributed by atoms with van der Waals surface area (Å²) in [6.07, 6.45) is 1.49. The molecule has 0 aliphatic carbocycles. The lowest BCUT2D eigenvalue weighted by Crippen LogP contribution is -2.20. The lowest BCUT2D eigenvalue weighted by atomic mass is 10.2. The minimum atomic E-state index is -0.557. The first-order valence-corrected chi connectivity index (χ1v) is 6.09. The van der Waals surface area contributed by atoms with Crippen LogP contribution in [0.1, 0.15) is 10.5 Å². The molecule has 0 spiro atoms. The summed E-state index contributed by atoms with van der Waals surface area (Å²) in [4.78, 5) is 26.5. The van der Waals surface area contributed by atoms with Crippen molar-refractivity contribution in [3.63, 3.8) is 0 Å². The molecule has 0 aliphatic heterocycles. The molecule has 7 nitrogen and oxygen atoms in total. The van der Waals surface area contributed by atoms with Crippen molar-refractivity contribution in [2.45, 2.75) is 0 Å². The first kappa shape index (κ1) is 14.3. The van der Waals surface area contributed by atoms with Gasteiger partial charge in [-0.3, -0.25) is 9.59 Å². The molecule has 0 atom stereocenters. The van der Waals surface area contributed by atoms with Crippen LogP contribution in [-0.4, -0.2) is 23.4 Å². The normalized spacial score (nSPS) is 9.90. The zero-order valence-electron chi connectivity index (χ0n) is 11.1. The molecule has 1 heterocycles. The number of nitrogens with one attached hydrogen (secondary N) is 1. The molecule has 1 aromatic heterocycles. The van der Waals surface area contributed by atoms with Gasteiger partial charge in [-0.25, -0.2) is 4.98 Å². The minimum Gasteiger partial charge on any atom is -0.484 e. The third kappa shape index (κ3) is 3.93. The van der Waals surface area contributed by atoms with Gasteiger partial charge in [-0.2, -0.15) is 0 Å². The SMILES string of the molecule is NC(=O)COc1ccc(NC(=O)c2ncccc2N)cc1. The highest BCUT2D eigenvalue weighted by molar-refractivity contribution is 6.06. The standard InChI is InChI=1S/C14H14N4O3/c15-11-2-1-7-17-13(11)14(20)18-9-3-5-10(6-4-9)21-8-12(16)19/h1-7H,8,15H2,(H2,16,19)(H,18,20). The largest absolute Gasteiger partial charge is 0.484 e. The maximum atomic E-state index is 12.0. The summed E-state index contributed by atoms with van der Waals surface area (Å²) >= 11 is 0. The van der Waals surface area contributed by atoms with Crippen LogP contribution in [0.2, 0.25) is 0 Å². The number of benzene rings is 1. The van der Waals surface area contributed by atoms with Crippen molar-refractivity contribution in [1.29, 1.82) is 0 Å². The highest BCUT2D eigenvalue weighted by atomic mass is 16.5. The van der Waals surface area contributed by atoms with Gasteiger partial charge < -0.3 is 21.5 Å². The monoisotopic (exact) mass is 286 g/mol. The van der Waals surface area contributed by atoms with E-state index in [-0.39, 0.29) is 12.3 Å². The number of nitrogen functional groups attached to an aromatic ring is 1. The average Bonchev–Trinajstić information content (AvgIpc) is 2.47. The van der Waals surface area contributed by atoms with E-state index in [9.17, 15) is 9.59 Å². The van der Waals surface area contributed by atoms with Gasteiger partial charge in [0.05, 0.1) is 5.69 Å². The van der Waals surface area contributed by atoms with Gasteiger partial charge in [0.1, 0.15) is 5.75 Å². The lowest BCUT2D eigenvalue weighted by Gasteiger charge is -2.08. The number of anilines is 2. The van der Waals surface area contributed by atoms with E-state index in [1.807, 2.05) is 0 Å². The molecule has 21 heavy (non-hydrogen) atoms. The Morgan fingerprint density at radius 2 is 1.90 bits per heavy atom. The van der Waals surface area contributed by atoms with Gasteiger partial charge in [0.2, 0.25) is 0 Å². The number of aromatic nitrogens is 1. The molecule has 0 saturated heterocycles. The van der Waals surface area contributed by atoms with Crippen LogP contribution < -0.4 is 21.5 Å². The Bertz CT molecular complexity index is 656. The minimum absolute atomic E-state index is 0.159. The fourth-order valence-electron chi connectivity index (χ4n) is 1.59. The highest BCUT2D eigenvalue weighted by Gasteiger charge is 2.10. The number of hydrogen-bond acceptors (Lipinski definition) is 5. The number of carbonyl (C=O) groups excluding carboxylic acids is 2. The summed E-state index contributed by atoms with van der Waals surface area (Å²) < 4.78 is 5.11. The van der Waals surface area contributed by atoms with E-state index in [2.05, 4.69) is 10.3 Å². The quantitative estimate of drug-likeness (QED) is 0.750. The van der Waals surface area contributed by atoms with Gasteiger partial charge in [-0.05, 0) is 36.4 Å². The summed E-state index contributed by atoms with van der Waals surface area (Å²) in [6.45, 7) is -0.198. The van der Waals surface area contributed by atoms with Crippen molar-refractivity contribution < 1.29 is 14.3 Å². The van der Waals surface area contributed by atoms with Crippen LogP contribution >= 0.6 is 0 Å². The Morgan fingerprint density at radius 1 is 1.19 bits per heavy atom. The second-order valence-corrected chi connectivity index (χ2v) is 4.17. The molecule has 7 heteroatoms. The number of hydrogen-bond donors (Lipinski definition) is 3. The van der Waals surface area contributed by atoms with E-state index >= 15 is 0 Å². The molecule has 108 valence electrons. The molecule has 1 aromatic carbocycles. The molecule has 0 fully saturated rings. The van der Waals surface area contributed by atoms with Crippen LogP contribution in [0.4, 0.5) is 11.4 Å². The first-order valence-electron chi connectivity index (χ1n) is 6.09. The van der Waals surface area contributed by atoms with Gasteiger partial charge in [0.25, 0.3) is 11.8 Å². The summed E-state index contributed by atoms with van der Waals surface area (Å²) in [5, 5.41) is 2.66. The van der Waals surface area contributed by atoms with Crippen LogP contribution in [0.15, 0.2) is 42.6 Å². The fourth-order valence-corrected chi connectivity index (χ4v) is 1.59. The second kappa shape index (κ2) is 6.38. The van der Waals surface area contributed by atoms with E-state index in [1.165, 1.54) is 6.20 Å². The van der Waals surface area contributed by atoms with Gasteiger partial charge >= 0.3 is 0 Å². The number of pyridine rings is 1. The molecule has 2 aromatic rings. The van der Waals surface area contributed by atoms with Gasteiger partial charge in [-0.1, -0.05) is 0 Å². The number of nitrogens with zero attached hydrogens (tertiary/aromatic N) is 1. The van der Waals surface area contributed by atoms with Gasteiger partial charge in [0.15, 0.2) is 12.3 Å². The summed E-state index contributed by atoms with van der Waals surface area (Å²) in [7, 11) is 0. The smallest absolute Gasteiger partial charge is 0.276 e. The Balaban J connectivity index is 2.02. The Hall–Kier alpha value is -3.09. The molecule has 0 aliphatic rings. The zero-order valence-corrected chi connectivity index (χ0v) is 11.1. The van der Waals surface area contributed by atoms with Crippen molar-refractivity contribution in [3.8, 4) is 5.75 Å². The third-order valence-corrected chi connectivity index (χ3v) is 2.55. The van der Waals surface area contributed by atoms with E-state index in [0.717, 1.165) is 0 Å². The van der Waals surface area contributed by atoms with Gasteiger partial charge in [0, 0.05) is 11.9 Å². The predicted molar refractivity (Wildman–Crippen MR) is 77.7 cm³/mol. The van der Waals surface area contributed by atoms with Crippen molar-refractivity contribution in [2.24, 2.45) is 5.73 Å². The molecule has 0 bridgehead atoms. The Morgan fingerprint density at radius 3 is 2.52 bits per heavy atom. The van der Waals surface area contributed by atoms with Crippen molar-refractivity contribution in [1.82, 2.24) is 4.98 Å². The molecule has 2 rings (SSSR count). The van der Waals surface area contributed by atoms with E-state index in [4.69, 9.17) is 16.2 Å². The molecular weight excluding hydrogens is 272 g/mol. The number of rotatable bonds is 5. The van der Waals surface area contributed by atoms with E-state index in [0.29, 0.717) is 17.1 Å². The van der Waals surface area contributed by atoms with Crippen LogP contribution in [0, 0.1) is 0 Å². The van der Waals surface area contributed by atoms with E-state index < -0.39 is 11.8 Å². The Labute approximate surface area is 120 Å². The van der Waals surface area contributed by atoms with Crippen LogP contribution in [0.25, 0.3) is 0 Å². The maximum absolute atomic E-state index is 12.0. The second-order valence-electron chi connectivity index (χ2n) is 4.17. The predicted octanol–water partition coefficient (Wildman–Crippen LogP) is 0.780. The average molecular weight is 286 g/mol. The number of nitrogens with two attached hydrogens (primary N) is 2. The van der Waals surface area contributed by atoms with Crippen LogP contribution in [0.3, 0.4) is 0 Å². The molecule has 0 saturated carbocycles. The number of carbonyl (C=O) groups is 2. The van der Waals surface area contributed by atoms with Crippen LogP contribution in [0.5, 0.6) is 5.75 Å². The number of ether oxygens (including phenoxy) is 1. The molecule has 0 unspecified atom stereocenters. The molecular formula is C14H14N4O3. The maximum Gasteiger partial charge on any atom is 0.276 e. The van der Waals surface area contributed by atoms with Crippen LogP contribution in [-0.2, 0) is 4.79 Å². The first-order chi connectivity index (χ1) is 10.1. The van der Waals surface area contributed by atoms with Crippen molar-refractivity contribution in [3.05, 3.63) is 48.3 Å². The highest BCUT2D eigenvalue weighted by Crippen LogP contribution is 2.17. The summed E-state index contributed by atoms with van der Waals surface area (Å²) in [6, 6.07) is 9.74. The third-order valence-electron chi connectivity index (χ3n) is 2.55. The lowest BCUT2D eigenvalue weighted by molar-refractivity contribution is -0.119. The van der Waals surface area contributed by atoms with Crippen molar-refractivity contribution in [2.75, 3.05) is 17.7 Å². The summed E-state index contributed by atoms with van der Waals surface area (Å²) in [5.41, 5.74) is 11.7. The van der Waals surface area contributed by atoms with Crippen molar-refractivity contribution >= 4 is 23.2 Å². The number of primary amides is 1.